The second-order valence-electron chi connectivity index (χ2n) is 4.90. The zero-order valence-corrected chi connectivity index (χ0v) is 11.6. The van der Waals surface area contributed by atoms with Gasteiger partial charge in [-0.05, 0) is 11.1 Å². The average molecular weight is 279 g/mol. The van der Waals surface area contributed by atoms with Crippen molar-refractivity contribution in [3.8, 4) is 0 Å². The van der Waals surface area contributed by atoms with E-state index in [0.29, 0.717) is 13.1 Å². The topological polar surface area (TPSA) is 44.7 Å². The lowest BCUT2D eigenvalue weighted by Crippen LogP contribution is -2.31. The molecule has 3 rings (SSSR count). The molecule has 1 unspecified atom stereocenters. The predicted molar refractivity (Wildman–Crippen MR) is 83.3 cm³/mol. The third-order valence-electron chi connectivity index (χ3n) is 3.45. The molecule has 1 saturated heterocycles. The van der Waals surface area contributed by atoms with Crippen LogP contribution in [0.3, 0.4) is 0 Å². The van der Waals surface area contributed by atoms with Gasteiger partial charge in [0.1, 0.15) is 0 Å². The Balaban J connectivity index is 1.89. The molecule has 21 heavy (non-hydrogen) atoms. The summed E-state index contributed by atoms with van der Waals surface area (Å²) in [5.41, 5.74) is 2.04. The fraction of sp³-hybridized carbons (Fsp3) is 0.176. The standard InChI is InChI=1S/C17H17N3O/c21-17-18-11-12-20(17)16(15-9-5-2-6-10-15)19-13-14-7-3-1-4-8-14/h1-10,13,16H,11-12H2,(H,18,21)/b19-13+. The SMILES string of the molecule is O=C1NCCN1C(/N=C/c1ccccc1)c1ccccc1. The summed E-state index contributed by atoms with van der Waals surface area (Å²) in [5.74, 6) is 0. The van der Waals surface area contributed by atoms with E-state index in [1.54, 1.807) is 4.90 Å². The molecule has 0 aliphatic carbocycles. The molecule has 0 spiro atoms. The van der Waals surface area contributed by atoms with Gasteiger partial charge in [-0.1, -0.05) is 60.7 Å². The van der Waals surface area contributed by atoms with E-state index in [-0.39, 0.29) is 12.2 Å². The minimum Gasteiger partial charge on any atom is -0.336 e. The first kappa shape index (κ1) is 13.4. The van der Waals surface area contributed by atoms with Crippen LogP contribution in [0, 0.1) is 0 Å². The minimum atomic E-state index is -0.283. The number of urea groups is 1. The van der Waals surface area contributed by atoms with Gasteiger partial charge in [0.05, 0.1) is 0 Å². The molecule has 0 saturated carbocycles. The van der Waals surface area contributed by atoms with Crippen LogP contribution in [0.5, 0.6) is 0 Å². The Hall–Kier alpha value is -2.62. The van der Waals surface area contributed by atoms with E-state index < -0.39 is 0 Å². The number of hydrogen-bond donors (Lipinski definition) is 1. The number of aliphatic imine (C=N–C) groups is 1. The van der Waals surface area contributed by atoms with Crippen molar-refractivity contribution in [2.75, 3.05) is 13.1 Å². The summed E-state index contributed by atoms with van der Waals surface area (Å²) in [6.07, 6.45) is 1.54. The second kappa shape index (κ2) is 6.22. The van der Waals surface area contributed by atoms with E-state index in [0.717, 1.165) is 11.1 Å². The van der Waals surface area contributed by atoms with Crippen LogP contribution in [0.4, 0.5) is 4.79 Å². The van der Waals surface area contributed by atoms with Crippen LogP contribution in [-0.2, 0) is 0 Å². The number of rotatable bonds is 4. The van der Waals surface area contributed by atoms with Gasteiger partial charge in [0.15, 0.2) is 6.17 Å². The molecule has 2 aromatic rings. The highest BCUT2D eigenvalue weighted by Crippen LogP contribution is 2.23. The number of carbonyl (C=O) groups is 1. The number of amides is 2. The van der Waals surface area contributed by atoms with Crippen LogP contribution in [0.2, 0.25) is 0 Å². The molecule has 106 valence electrons. The van der Waals surface area contributed by atoms with Gasteiger partial charge in [-0.2, -0.15) is 0 Å². The molecule has 0 aromatic heterocycles. The van der Waals surface area contributed by atoms with Crippen LogP contribution in [0.25, 0.3) is 0 Å². The van der Waals surface area contributed by atoms with Gasteiger partial charge in [0, 0.05) is 19.3 Å². The molecule has 1 N–H and O–H groups in total. The van der Waals surface area contributed by atoms with Crippen molar-refractivity contribution in [1.29, 1.82) is 0 Å². The fourth-order valence-electron chi connectivity index (χ4n) is 2.39. The van der Waals surface area contributed by atoms with Gasteiger partial charge in [0.2, 0.25) is 0 Å². The molecule has 4 nitrogen and oxygen atoms in total. The van der Waals surface area contributed by atoms with Gasteiger partial charge < -0.3 is 5.32 Å². The Morgan fingerprint density at radius 3 is 2.33 bits per heavy atom. The number of nitrogens with one attached hydrogen (secondary N) is 1. The first-order chi connectivity index (χ1) is 10.3. The summed E-state index contributed by atoms with van der Waals surface area (Å²) in [7, 11) is 0. The van der Waals surface area contributed by atoms with Crippen LogP contribution in [0.1, 0.15) is 17.3 Å². The van der Waals surface area contributed by atoms with Crippen molar-refractivity contribution >= 4 is 12.2 Å². The average Bonchev–Trinajstić information content (AvgIpc) is 2.96. The van der Waals surface area contributed by atoms with E-state index in [1.807, 2.05) is 66.9 Å². The molecule has 1 heterocycles. The third kappa shape index (κ3) is 3.11. The molecule has 2 amide bonds. The third-order valence-corrected chi connectivity index (χ3v) is 3.45. The van der Waals surface area contributed by atoms with Gasteiger partial charge >= 0.3 is 6.03 Å². The monoisotopic (exact) mass is 279 g/mol. The zero-order chi connectivity index (χ0) is 14.5. The number of carbonyl (C=O) groups excluding carboxylic acids is 1. The van der Waals surface area contributed by atoms with Gasteiger partial charge in [-0.15, -0.1) is 0 Å². The number of nitrogens with zero attached hydrogens (tertiary/aromatic N) is 2. The quantitative estimate of drug-likeness (QED) is 0.859. The van der Waals surface area contributed by atoms with Gasteiger partial charge in [0.25, 0.3) is 0 Å². The summed E-state index contributed by atoms with van der Waals surface area (Å²) in [4.78, 5) is 18.3. The van der Waals surface area contributed by atoms with E-state index >= 15 is 0 Å². The molecule has 1 aliphatic rings. The highest BCUT2D eigenvalue weighted by atomic mass is 16.2. The Kier molecular flexibility index (Phi) is 3.96. The van der Waals surface area contributed by atoms with Crippen molar-refractivity contribution in [1.82, 2.24) is 10.2 Å². The molecular formula is C17H17N3O. The molecule has 1 atom stereocenters. The Bertz CT molecular complexity index is 625. The van der Waals surface area contributed by atoms with Gasteiger partial charge in [-0.3, -0.25) is 9.89 Å². The highest BCUT2D eigenvalue weighted by Gasteiger charge is 2.28. The summed E-state index contributed by atoms with van der Waals surface area (Å²) in [5, 5.41) is 2.83. The maximum absolute atomic E-state index is 11.9. The molecule has 0 radical (unpaired) electrons. The largest absolute Gasteiger partial charge is 0.336 e. The second-order valence-corrected chi connectivity index (χ2v) is 4.90. The van der Waals surface area contributed by atoms with Crippen LogP contribution in [0.15, 0.2) is 65.7 Å². The Morgan fingerprint density at radius 1 is 1.05 bits per heavy atom. The minimum absolute atomic E-state index is 0.0611. The maximum atomic E-state index is 11.9. The summed E-state index contributed by atoms with van der Waals surface area (Å²) in [6, 6.07) is 19.7. The first-order valence-corrected chi connectivity index (χ1v) is 7.02. The van der Waals surface area contributed by atoms with Crippen molar-refractivity contribution in [2.45, 2.75) is 6.17 Å². The lowest BCUT2D eigenvalue weighted by molar-refractivity contribution is 0.200. The van der Waals surface area contributed by atoms with E-state index in [1.165, 1.54) is 0 Å². The number of benzene rings is 2. The molecule has 1 fully saturated rings. The lowest BCUT2D eigenvalue weighted by Gasteiger charge is -2.23. The van der Waals surface area contributed by atoms with Crippen LogP contribution in [-0.4, -0.2) is 30.2 Å². The zero-order valence-electron chi connectivity index (χ0n) is 11.6. The summed E-state index contributed by atoms with van der Waals surface area (Å²) in [6.45, 7) is 1.34. The Labute approximate surface area is 124 Å². The van der Waals surface area contributed by atoms with Gasteiger partial charge in [-0.25, -0.2) is 4.79 Å². The lowest BCUT2D eigenvalue weighted by atomic mass is 10.1. The molecule has 2 aromatic carbocycles. The molecule has 1 aliphatic heterocycles. The summed E-state index contributed by atoms with van der Waals surface area (Å²) >= 11 is 0. The van der Waals surface area contributed by atoms with Crippen molar-refractivity contribution in [3.05, 3.63) is 71.8 Å². The normalized spacial score (nSPS) is 16.2. The van der Waals surface area contributed by atoms with Crippen molar-refractivity contribution in [3.63, 3.8) is 0 Å². The highest BCUT2D eigenvalue weighted by molar-refractivity contribution is 5.81. The van der Waals surface area contributed by atoms with Crippen molar-refractivity contribution < 1.29 is 4.79 Å². The van der Waals surface area contributed by atoms with Crippen LogP contribution < -0.4 is 5.32 Å². The summed E-state index contributed by atoms with van der Waals surface area (Å²) < 4.78 is 0. The van der Waals surface area contributed by atoms with Crippen LogP contribution >= 0.6 is 0 Å². The van der Waals surface area contributed by atoms with Crippen molar-refractivity contribution in [2.24, 2.45) is 4.99 Å². The maximum Gasteiger partial charge on any atom is 0.319 e. The molecule has 0 bridgehead atoms. The van der Waals surface area contributed by atoms with E-state index in [4.69, 9.17) is 0 Å². The van der Waals surface area contributed by atoms with E-state index in [9.17, 15) is 4.79 Å². The first-order valence-electron chi connectivity index (χ1n) is 7.02. The fourth-order valence-corrected chi connectivity index (χ4v) is 2.39. The van der Waals surface area contributed by atoms with E-state index in [2.05, 4.69) is 10.3 Å². The Morgan fingerprint density at radius 2 is 1.71 bits per heavy atom. The smallest absolute Gasteiger partial charge is 0.319 e. The molecular weight excluding hydrogens is 262 g/mol. The number of hydrogen-bond acceptors (Lipinski definition) is 2. The molecule has 4 heteroatoms. The predicted octanol–water partition coefficient (Wildman–Crippen LogP) is 2.83.